The van der Waals surface area contributed by atoms with Crippen LogP contribution in [0.3, 0.4) is 0 Å². The fourth-order valence-electron chi connectivity index (χ4n) is 3.54. The monoisotopic (exact) mass is 389 g/mol. The molecule has 0 aliphatic carbocycles. The number of nitrogens with one attached hydrogen (secondary N) is 2. The van der Waals surface area contributed by atoms with Crippen molar-refractivity contribution in [3.05, 3.63) is 29.8 Å². The van der Waals surface area contributed by atoms with Crippen molar-refractivity contribution in [2.24, 2.45) is 4.99 Å². The third kappa shape index (κ3) is 7.32. The smallest absolute Gasteiger partial charge is 0.191 e. The van der Waals surface area contributed by atoms with E-state index in [2.05, 4.69) is 70.7 Å². The van der Waals surface area contributed by atoms with Crippen LogP contribution in [-0.2, 0) is 4.74 Å². The van der Waals surface area contributed by atoms with E-state index >= 15 is 0 Å². The summed E-state index contributed by atoms with van der Waals surface area (Å²) in [6.45, 7) is 9.05. The molecule has 0 aromatic heterocycles. The molecule has 1 aromatic rings. The zero-order chi connectivity index (χ0) is 20.4. The zero-order valence-corrected chi connectivity index (χ0v) is 18.4. The molecule has 2 rings (SSSR count). The lowest BCUT2D eigenvalue weighted by atomic mass is 10.1. The van der Waals surface area contributed by atoms with E-state index in [9.17, 15) is 0 Å². The first kappa shape index (κ1) is 22.5. The zero-order valence-electron chi connectivity index (χ0n) is 18.4. The second-order valence-electron chi connectivity index (χ2n) is 7.78. The van der Waals surface area contributed by atoms with Crippen LogP contribution < -0.4 is 15.5 Å². The largest absolute Gasteiger partial charge is 0.377 e. The van der Waals surface area contributed by atoms with Gasteiger partial charge in [-0.3, -0.25) is 4.99 Å². The van der Waals surface area contributed by atoms with E-state index in [0.29, 0.717) is 0 Å². The van der Waals surface area contributed by atoms with Crippen LogP contribution in [0.25, 0.3) is 0 Å². The molecule has 0 amide bonds. The van der Waals surface area contributed by atoms with Gasteiger partial charge in [0, 0.05) is 45.5 Å². The molecule has 0 saturated carbocycles. The summed E-state index contributed by atoms with van der Waals surface area (Å²) in [5.74, 6) is 0.814. The number of ether oxygens (including phenoxy) is 1. The van der Waals surface area contributed by atoms with E-state index in [0.717, 1.165) is 32.1 Å². The molecule has 2 unspecified atom stereocenters. The highest BCUT2D eigenvalue weighted by Crippen LogP contribution is 2.23. The molecule has 28 heavy (non-hydrogen) atoms. The number of hydrogen-bond donors (Lipinski definition) is 2. The lowest BCUT2D eigenvalue weighted by Gasteiger charge is -2.24. The maximum Gasteiger partial charge on any atom is 0.191 e. The van der Waals surface area contributed by atoms with Crippen LogP contribution in [0.2, 0.25) is 0 Å². The van der Waals surface area contributed by atoms with E-state index in [1.165, 1.54) is 37.2 Å². The van der Waals surface area contributed by atoms with E-state index in [-0.39, 0.29) is 12.1 Å². The first-order valence-electron chi connectivity index (χ1n) is 10.6. The summed E-state index contributed by atoms with van der Waals surface area (Å²) in [4.78, 5) is 9.06. The average Bonchev–Trinajstić information content (AvgIpc) is 3.23. The molecule has 0 spiro atoms. The number of anilines is 1. The first-order valence-corrected chi connectivity index (χ1v) is 10.6. The van der Waals surface area contributed by atoms with Gasteiger partial charge in [0.15, 0.2) is 5.96 Å². The van der Waals surface area contributed by atoms with Crippen molar-refractivity contribution in [1.29, 1.82) is 0 Å². The molecule has 1 aliphatic heterocycles. The molecule has 1 heterocycles. The third-order valence-electron chi connectivity index (χ3n) is 5.22. The Labute approximate surface area is 171 Å². The lowest BCUT2D eigenvalue weighted by Crippen LogP contribution is -2.43. The number of nitrogens with zero attached hydrogens (tertiary/aromatic N) is 3. The molecule has 1 fully saturated rings. The van der Waals surface area contributed by atoms with Crippen molar-refractivity contribution in [2.45, 2.75) is 45.3 Å². The number of benzene rings is 1. The molecule has 0 radical (unpaired) electrons. The second kappa shape index (κ2) is 11.9. The van der Waals surface area contributed by atoms with E-state index in [4.69, 9.17) is 4.74 Å². The maximum absolute atomic E-state index is 5.87. The van der Waals surface area contributed by atoms with Gasteiger partial charge in [0.05, 0.1) is 12.1 Å². The minimum absolute atomic E-state index is 0.180. The molecule has 1 aromatic carbocycles. The molecule has 158 valence electrons. The van der Waals surface area contributed by atoms with Crippen LogP contribution in [0.5, 0.6) is 0 Å². The fraction of sp³-hybridized carbons (Fsp3) is 0.682. The summed E-state index contributed by atoms with van der Waals surface area (Å²) in [6, 6.07) is 9.04. The highest BCUT2D eigenvalue weighted by atomic mass is 16.5. The summed E-state index contributed by atoms with van der Waals surface area (Å²) in [5.41, 5.74) is 2.60. The molecule has 6 nitrogen and oxygen atoms in total. The third-order valence-corrected chi connectivity index (χ3v) is 5.22. The number of hydrogen-bond acceptors (Lipinski definition) is 4. The van der Waals surface area contributed by atoms with Gasteiger partial charge in [-0.25, -0.2) is 0 Å². The van der Waals surface area contributed by atoms with Crippen LogP contribution in [0.1, 0.15) is 44.7 Å². The van der Waals surface area contributed by atoms with Gasteiger partial charge in [-0.05, 0) is 64.9 Å². The van der Waals surface area contributed by atoms with Crippen molar-refractivity contribution in [2.75, 3.05) is 58.8 Å². The van der Waals surface area contributed by atoms with Crippen molar-refractivity contribution in [1.82, 2.24) is 15.5 Å². The van der Waals surface area contributed by atoms with Crippen LogP contribution in [-0.4, -0.2) is 70.9 Å². The summed E-state index contributed by atoms with van der Waals surface area (Å²) >= 11 is 0. The Hall–Kier alpha value is -1.79. The van der Waals surface area contributed by atoms with Crippen molar-refractivity contribution < 1.29 is 4.74 Å². The molecule has 2 N–H and O–H groups in total. The molecule has 1 saturated heterocycles. The molecular weight excluding hydrogens is 350 g/mol. The van der Waals surface area contributed by atoms with Crippen molar-refractivity contribution in [3.8, 4) is 0 Å². The quantitative estimate of drug-likeness (QED) is 0.476. The lowest BCUT2D eigenvalue weighted by molar-refractivity contribution is 0.0548. The number of guanidine groups is 1. The van der Waals surface area contributed by atoms with Crippen LogP contribution in [0, 0.1) is 0 Å². The normalized spacial score (nSPS) is 17.1. The van der Waals surface area contributed by atoms with Crippen LogP contribution in [0.4, 0.5) is 5.69 Å². The molecule has 0 bridgehead atoms. The number of aliphatic imine (C=N–C) groups is 1. The topological polar surface area (TPSA) is 52.1 Å². The van der Waals surface area contributed by atoms with Gasteiger partial charge < -0.3 is 25.2 Å². The van der Waals surface area contributed by atoms with Gasteiger partial charge >= 0.3 is 0 Å². The van der Waals surface area contributed by atoms with Gasteiger partial charge in [-0.1, -0.05) is 12.1 Å². The fourth-order valence-corrected chi connectivity index (χ4v) is 3.54. The molecular formula is C22H39N5O. The predicted molar refractivity (Wildman–Crippen MR) is 119 cm³/mol. The molecule has 6 heteroatoms. The summed E-state index contributed by atoms with van der Waals surface area (Å²) in [5, 5.41) is 6.95. The van der Waals surface area contributed by atoms with Crippen molar-refractivity contribution >= 4 is 11.6 Å². The predicted octanol–water partition coefficient (Wildman–Crippen LogP) is 2.87. The summed E-state index contributed by atoms with van der Waals surface area (Å²) < 4.78 is 5.87. The van der Waals surface area contributed by atoms with E-state index in [1.807, 2.05) is 14.0 Å². The Bertz CT molecular complexity index is 598. The number of rotatable bonds is 10. The average molecular weight is 390 g/mol. The van der Waals surface area contributed by atoms with Crippen LogP contribution in [0.15, 0.2) is 29.3 Å². The minimum atomic E-state index is 0.180. The highest BCUT2D eigenvalue weighted by molar-refractivity contribution is 5.80. The maximum atomic E-state index is 5.87. The molecule has 2 atom stereocenters. The Morgan fingerprint density at radius 3 is 2.68 bits per heavy atom. The highest BCUT2D eigenvalue weighted by Gasteiger charge is 2.15. The van der Waals surface area contributed by atoms with Gasteiger partial charge in [-0.15, -0.1) is 0 Å². The van der Waals surface area contributed by atoms with Crippen LogP contribution >= 0.6 is 0 Å². The Morgan fingerprint density at radius 1 is 1.29 bits per heavy atom. The SMILES string of the molecule is CCOC(CCN(C)C)CNC(=NC)NC(C)c1cccc(N2CCCC2)c1. The van der Waals surface area contributed by atoms with Gasteiger partial charge in [0.25, 0.3) is 0 Å². The second-order valence-corrected chi connectivity index (χ2v) is 7.78. The van der Waals surface area contributed by atoms with Gasteiger partial charge in [0.1, 0.15) is 0 Å². The van der Waals surface area contributed by atoms with Gasteiger partial charge in [0.2, 0.25) is 0 Å². The minimum Gasteiger partial charge on any atom is -0.377 e. The summed E-state index contributed by atoms with van der Waals surface area (Å²) in [7, 11) is 6.00. The van der Waals surface area contributed by atoms with Crippen molar-refractivity contribution in [3.63, 3.8) is 0 Å². The van der Waals surface area contributed by atoms with Gasteiger partial charge in [-0.2, -0.15) is 0 Å². The van der Waals surface area contributed by atoms with E-state index in [1.54, 1.807) is 0 Å². The Morgan fingerprint density at radius 2 is 2.04 bits per heavy atom. The summed E-state index contributed by atoms with van der Waals surface area (Å²) in [6.07, 6.45) is 3.77. The standard InChI is InChI=1S/C22H39N5O/c1-6-28-21(12-15-26(4)5)17-24-22(23-3)25-18(2)19-10-9-11-20(16-19)27-13-7-8-14-27/h9-11,16,18,21H,6-8,12-15,17H2,1-5H3,(H2,23,24,25). The molecule has 1 aliphatic rings. The van der Waals surface area contributed by atoms with E-state index < -0.39 is 0 Å². The Balaban J connectivity index is 1.89. The first-order chi connectivity index (χ1) is 13.5. The Kier molecular flexibility index (Phi) is 9.58.